The second-order valence-corrected chi connectivity index (χ2v) is 6.17. The summed E-state index contributed by atoms with van der Waals surface area (Å²) in [5.41, 5.74) is 2.98. The molecular formula is C17H22N4O2. The Kier molecular flexibility index (Phi) is 4.32. The highest BCUT2D eigenvalue weighted by atomic mass is 16.2. The van der Waals surface area contributed by atoms with E-state index in [0.717, 1.165) is 35.3 Å². The van der Waals surface area contributed by atoms with E-state index < -0.39 is 0 Å². The van der Waals surface area contributed by atoms with Gasteiger partial charge in [-0.1, -0.05) is 6.07 Å². The molecule has 23 heavy (non-hydrogen) atoms. The Bertz CT molecular complexity index is 729. The van der Waals surface area contributed by atoms with Gasteiger partial charge in [0.25, 0.3) is 0 Å². The second kappa shape index (κ2) is 6.40. The van der Waals surface area contributed by atoms with Crippen LogP contribution in [0.5, 0.6) is 0 Å². The summed E-state index contributed by atoms with van der Waals surface area (Å²) in [6.07, 6.45) is 1.48. The largest absolute Gasteiger partial charge is 0.352 e. The first-order valence-corrected chi connectivity index (χ1v) is 8.01. The molecule has 3 rings (SSSR count). The van der Waals surface area contributed by atoms with Gasteiger partial charge in [-0.05, 0) is 37.5 Å². The third-order valence-electron chi connectivity index (χ3n) is 4.44. The molecule has 0 aliphatic carbocycles. The van der Waals surface area contributed by atoms with Crippen LogP contribution in [-0.4, -0.2) is 39.8 Å². The minimum absolute atomic E-state index is 0.00345. The lowest BCUT2D eigenvalue weighted by atomic mass is 9.96. The van der Waals surface area contributed by atoms with E-state index in [4.69, 9.17) is 0 Å². The van der Waals surface area contributed by atoms with Crippen LogP contribution in [0.4, 0.5) is 0 Å². The smallest absolute Gasteiger partial charge is 0.223 e. The van der Waals surface area contributed by atoms with Crippen LogP contribution in [0.25, 0.3) is 11.0 Å². The van der Waals surface area contributed by atoms with Crippen molar-refractivity contribution in [3.05, 3.63) is 29.6 Å². The summed E-state index contributed by atoms with van der Waals surface area (Å²) in [5.74, 6) is 1.06. The van der Waals surface area contributed by atoms with E-state index in [1.54, 1.807) is 11.8 Å². The van der Waals surface area contributed by atoms with Gasteiger partial charge in [-0.2, -0.15) is 0 Å². The van der Waals surface area contributed by atoms with Crippen LogP contribution in [0, 0.1) is 12.8 Å². The van der Waals surface area contributed by atoms with Gasteiger partial charge in [-0.3, -0.25) is 9.59 Å². The lowest BCUT2D eigenvalue weighted by Crippen LogP contribution is -2.42. The molecule has 1 aliphatic heterocycles. The van der Waals surface area contributed by atoms with Crippen molar-refractivity contribution in [3.63, 3.8) is 0 Å². The number of hydrogen-bond acceptors (Lipinski definition) is 3. The molecule has 0 radical (unpaired) electrons. The highest BCUT2D eigenvalue weighted by Gasteiger charge is 2.25. The van der Waals surface area contributed by atoms with Crippen molar-refractivity contribution < 1.29 is 9.59 Å². The van der Waals surface area contributed by atoms with E-state index in [2.05, 4.69) is 15.3 Å². The summed E-state index contributed by atoms with van der Waals surface area (Å²) in [6.45, 7) is 5.36. The van der Waals surface area contributed by atoms with Gasteiger partial charge in [0.05, 0.1) is 11.0 Å². The van der Waals surface area contributed by atoms with Crippen molar-refractivity contribution >= 4 is 22.8 Å². The number of aromatic nitrogens is 2. The Labute approximate surface area is 135 Å². The molecule has 2 amide bonds. The summed E-state index contributed by atoms with van der Waals surface area (Å²) in [5, 5.41) is 3.01. The van der Waals surface area contributed by atoms with Gasteiger partial charge in [0.2, 0.25) is 11.8 Å². The van der Waals surface area contributed by atoms with E-state index in [0.29, 0.717) is 19.6 Å². The summed E-state index contributed by atoms with van der Waals surface area (Å²) in [4.78, 5) is 33.0. The van der Waals surface area contributed by atoms with Gasteiger partial charge >= 0.3 is 0 Å². The van der Waals surface area contributed by atoms with Crippen molar-refractivity contribution in [2.75, 3.05) is 13.1 Å². The van der Waals surface area contributed by atoms with Gasteiger partial charge in [0.15, 0.2) is 0 Å². The molecule has 122 valence electrons. The van der Waals surface area contributed by atoms with Crippen molar-refractivity contribution in [2.45, 2.75) is 33.2 Å². The number of H-pyrrole nitrogens is 1. The average Bonchev–Trinajstić information content (AvgIpc) is 2.92. The van der Waals surface area contributed by atoms with E-state index in [1.165, 1.54) is 0 Å². The first-order valence-electron chi connectivity index (χ1n) is 8.01. The van der Waals surface area contributed by atoms with Gasteiger partial charge < -0.3 is 15.2 Å². The molecule has 1 aromatic heterocycles. The van der Waals surface area contributed by atoms with Crippen molar-refractivity contribution in [3.8, 4) is 0 Å². The lowest BCUT2D eigenvalue weighted by Gasteiger charge is -2.30. The molecule has 2 heterocycles. The first kappa shape index (κ1) is 15.5. The first-order chi connectivity index (χ1) is 11.0. The molecule has 2 N–H and O–H groups in total. The number of aromatic amines is 1. The van der Waals surface area contributed by atoms with Crippen LogP contribution in [0.1, 0.15) is 31.2 Å². The maximum absolute atomic E-state index is 12.3. The molecule has 1 aromatic carbocycles. The molecule has 0 spiro atoms. The van der Waals surface area contributed by atoms with Crippen molar-refractivity contribution in [2.24, 2.45) is 5.92 Å². The minimum atomic E-state index is 0.00345. The Morgan fingerprint density at radius 1 is 1.35 bits per heavy atom. The van der Waals surface area contributed by atoms with E-state index in [1.807, 2.05) is 25.1 Å². The Balaban J connectivity index is 1.55. The number of carbonyl (C=O) groups is 2. The molecule has 0 bridgehead atoms. The fourth-order valence-corrected chi connectivity index (χ4v) is 3.08. The summed E-state index contributed by atoms with van der Waals surface area (Å²) >= 11 is 0. The topological polar surface area (TPSA) is 78.1 Å². The highest BCUT2D eigenvalue weighted by Crippen LogP contribution is 2.18. The van der Waals surface area contributed by atoms with E-state index in [9.17, 15) is 9.59 Å². The van der Waals surface area contributed by atoms with E-state index in [-0.39, 0.29) is 17.7 Å². The number of nitrogens with one attached hydrogen (secondary N) is 2. The van der Waals surface area contributed by atoms with Gasteiger partial charge in [-0.25, -0.2) is 4.98 Å². The normalized spacial score (nSPS) is 15.8. The standard InChI is InChI=1S/C17H22N4O2/c1-11-19-15-4-3-13(9-16(15)20-11)10-18-17(23)14-5-7-21(8-6-14)12(2)22/h3-4,9,14H,5-8,10H2,1-2H3,(H,18,23)(H,19,20). The number of carbonyl (C=O) groups excluding carboxylic acids is 2. The fraction of sp³-hybridized carbons (Fsp3) is 0.471. The Hall–Kier alpha value is -2.37. The van der Waals surface area contributed by atoms with Crippen LogP contribution in [0.2, 0.25) is 0 Å². The number of benzene rings is 1. The quantitative estimate of drug-likeness (QED) is 0.906. The monoisotopic (exact) mass is 314 g/mol. The zero-order valence-corrected chi connectivity index (χ0v) is 13.6. The second-order valence-electron chi connectivity index (χ2n) is 6.17. The maximum Gasteiger partial charge on any atom is 0.223 e. The molecule has 1 aliphatic rings. The zero-order chi connectivity index (χ0) is 16.4. The third-order valence-corrected chi connectivity index (χ3v) is 4.44. The van der Waals surface area contributed by atoms with Crippen LogP contribution >= 0.6 is 0 Å². The van der Waals surface area contributed by atoms with Crippen LogP contribution < -0.4 is 5.32 Å². The third kappa shape index (κ3) is 3.52. The number of amides is 2. The fourth-order valence-electron chi connectivity index (χ4n) is 3.08. The molecule has 0 unspecified atom stereocenters. The molecule has 0 saturated carbocycles. The number of nitrogens with zero attached hydrogens (tertiary/aromatic N) is 2. The average molecular weight is 314 g/mol. The Morgan fingerprint density at radius 2 is 2.09 bits per heavy atom. The van der Waals surface area contributed by atoms with Gasteiger partial charge in [0.1, 0.15) is 5.82 Å². The summed E-state index contributed by atoms with van der Waals surface area (Å²) < 4.78 is 0. The molecule has 2 aromatic rings. The zero-order valence-electron chi connectivity index (χ0n) is 13.6. The predicted octanol–water partition coefficient (Wildman–Crippen LogP) is 1.75. The molecule has 6 nitrogen and oxygen atoms in total. The van der Waals surface area contributed by atoms with Crippen LogP contribution in [0.15, 0.2) is 18.2 Å². The minimum Gasteiger partial charge on any atom is -0.352 e. The molecular weight excluding hydrogens is 292 g/mol. The van der Waals surface area contributed by atoms with Gasteiger partial charge in [-0.15, -0.1) is 0 Å². The van der Waals surface area contributed by atoms with Crippen LogP contribution in [-0.2, 0) is 16.1 Å². The number of fused-ring (bicyclic) bond motifs is 1. The van der Waals surface area contributed by atoms with E-state index >= 15 is 0 Å². The summed E-state index contributed by atoms with van der Waals surface area (Å²) in [6, 6.07) is 5.97. The number of hydrogen-bond donors (Lipinski definition) is 2. The van der Waals surface area contributed by atoms with Crippen molar-refractivity contribution in [1.82, 2.24) is 20.2 Å². The number of likely N-dealkylation sites (tertiary alicyclic amines) is 1. The number of piperidine rings is 1. The number of rotatable bonds is 3. The SMILES string of the molecule is CC(=O)N1CCC(C(=O)NCc2ccc3nc(C)[nH]c3c2)CC1. The maximum atomic E-state index is 12.3. The van der Waals surface area contributed by atoms with Gasteiger partial charge in [0, 0.05) is 32.5 Å². The number of imidazole rings is 1. The highest BCUT2D eigenvalue weighted by molar-refractivity contribution is 5.80. The molecule has 1 fully saturated rings. The molecule has 0 atom stereocenters. The number of aryl methyl sites for hydroxylation is 1. The Morgan fingerprint density at radius 3 is 2.78 bits per heavy atom. The summed E-state index contributed by atoms with van der Waals surface area (Å²) in [7, 11) is 0. The predicted molar refractivity (Wildman–Crippen MR) is 87.7 cm³/mol. The molecule has 6 heteroatoms. The lowest BCUT2D eigenvalue weighted by molar-refractivity contribution is -0.134. The van der Waals surface area contributed by atoms with Crippen molar-refractivity contribution in [1.29, 1.82) is 0 Å². The molecule has 1 saturated heterocycles. The van der Waals surface area contributed by atoms with Crippen LogP contribution in [0.3, 0.4) is 0 Å².